The Balaban J connectivity index is 1.62. The van der Waals surface area contributed by atoms with Gasteiger partial charge in [-0.05, 0) is 63.1 Å². The van der Waals surface area contributed by atoms with Crippen LogP contribution < -0.4 is 10.1 Å². The molecular formula is C19H26N2O4. The van der Waals surface area contributed by atoms with E-state index in [4.69, 9.17) is 4.74 Å². The molecule has 1 aromatic rings. The van der Waals surface area contributed by atoms with Gasteiger partial charge < -0.3 is 15.2 Å². The number of amides is 3. The molecule has 1 aliphatic carbocycles. The Morgan fingerprint density at radius 2 is 1.92 bits per heavy atom. The fourth-order valence-electron chi connectivity index (χ4n) is 3.41. The number of imide groups is 1. The fourth-order valence-corrected chi connectivity index (χ4v) is 3.41. The van der Waals surface area contributed by atoms with Gasteiger partial charge in [-0.15, -0.1) is 0 Å². The van der Waals surface area contributed by atoms with Gasteiger partial charge in [-0.2, -0.15) is 0 Å². The predicted octanol–water partition coefficient (Wildman–Crippen LogP) is 2.07. The molecule has 6 heteroatoms. The number of carbonyl (C=O) groups is 2. The molecule has 2 aliphatic rings. The number of hydrogen-bond acceptors (Lipinski definition) is 4. The van der Waals surface area contributed by atoms with Gasteiger partial charge in [0.1, 0.15) is 24.0 Å². The zero-order chi connectivity index (χ0) is 18.4. The van der Waals surface area contributed by atoms with E-state index >= 15 is 0 Å². The summed E-state index contributed by atoms with van der Waals surface area (Å²) in [4.78, 5) is 25.8. The summed E-state index contributed by atoms with van der Waals surface area (Å²) in [6.07, 6.45) is 0.970. The number of ether oxygens (including phenoxy) is 1. The van der Waals surface area contributed by atoms with Crippen molar-refractivity contribution >= 4 is 11.9 Å². The van der Waals surface area contributed by atoms with Crippen LogP contribution in [0.3, 0.4) is 0 Å². The molecule has 1 saturated heterocycles. The second-order valence-electron chi connectivity index (χ2n) is 7.44. The highest BCUT2D eigenvalue weighted by atomic mass is 16.5. The summed E-state index contributed by atoms with van der Waals surface area (Å²) in [5, 5.41) is 13.1. The first kappa shape index (κ1) is 17.7. The van der Waals surface area contributed by atoms with Gasteiger partial charge in [0.05, 0.1) is 6.54 Å². The molecule has 0 radical (unpaired) electrons. The molecule has 1 aromatic carbocycles. The second kappa shape index (κ2) is 6.33. The first-order valence-electron chi connectivity index (χ1n) is 8.76. The van der Waals surface area contributed by atoms with Crippen molar-refractivity contribution in [1.29, 1.82) is 0 Å². The topological polar surface area (TPSA) is 78.9 Å². The third-order valence-corrected chi connectivity index (χ3v) is 5.38. The van der Waals surface area contributed by atoms with Gasteiger partial charge in [0.2, 0.25) is 0 Å². The van der Waals surface area contributed by atoms with Gasteiger partial charge in [-0.1, -0.05) is 12.1 Å². The van der Waals surface area contributed by atoms with E-state index in [1.807, 2.05) is 32.9 Å². The molecule has 1 saturated carbocycles. The van der Waals surface area contributed by atoms with Crippen LogP contribution in [0.1, 0.15) is 36.5 Å². The lowest BCUT2D eigenvalue weighted by Crippen LogP contribution is -2.46. The van der Waals surface area contributed by atoms with Crippen molar-refractivity contribution in [3.63, 3.8) is 0 Å². The molecule has 136 valence electrons. The summed E-state index contributed by atoms with van der Waals surface area (Å²) >= 11 is 0. The van der Waals surface area contributed by atoms with Gasteiger partial charge in [-0.25, -0.2) is 4.79 Å². The minimum absolute atomic E-state index is 0.0301. The number of hydrogen-bond donors (Lipinski definition) is 2. The Hall–Kier alpha value is -2.08. The first-order chi connectivity index (χ1) is 11.7. The highest BCUT2D eigenvalue weighted by Crippen LogP contribution is 2.42. The van der Waals surface area contributed by atoms with Crippen molar-refractivity contribution in [3.05, 3.63) is 28.8 Å². The molecule has 0 spiro atoms. The first-order valence-corrected chi connectivity index (χ1v) is 8.76. The Labute approximate surface area is 148 Å². The quantitative estimate of drug-likeness (QED) is 0.773. The molecule has 0 bridgehead atoms. The zero-order valence-electron chi connectivity index (χ0n) is 15.3. The fraction of sp³-hybridized carbons (Fsp3) is 0.579. The second-order valence-corrected chi connectivity index (χ2v) is 7.44. The van der Waals surface area contributed by atoms with E-state index in [9.17, 15) is 14.7 Å². The number of β-amino-alcohol motifs (C(OH)–C–C–N with tert-alkyl or cyclic N) is 1. The van der Waals surface area contributed by atoms with Crippen LogP contribution in [0.15, 0.2) is 12.1 Å². The molecule has 3 amide bonds. The molecule has 1 aliphatic heterocycles. The maximum Gasteiger partial charge on any atom is 0.325 e. The number of carbonyl (C=O) groups excluding carboxylic acids is 2. The predicted molar refractivity (Wildman–Crippen MR) is 93.5 cm³/mol. The molecular weight excluding hydrogens is 320 g/mol. The van der Waals surface area contributed by atoms with Crippen LogP contribution >= 0.6 is 0 Å². The smallest absolute Gasteiger partial charge is 0.325 e. The molecule has 6 nitrogen and oxygen atoms in total. The summed E-state index contributed by atoms with van der Waals surface area (Å²) in [7, 11) is 0. The van der Waals surface area contributed by atoms with E-state index in [1.165, 1.54) is 0 Å². The lowest BCUT2D eigenvalue weighted by Gasteiger charge is -2.22. The lowest BCUT2D eigenvalue weighted by molar-refractivity contribution is -0.132. The molecule has 0 aromatic heterocycles. The van der Waals surface area contributed by atoms with Gasteiger partial charge in [0.25, 0.3) is 5.91 Å². The molecule has 2 atom stereocenters. The van der Waals surface area contributed by atoms with Crippen LogP contribution in [-0.4, -0.2) is 46.7 Å². The molecule has 3 rings (SSSR count). The number of nitrogens with one attached hydrogen (secondary N) is 1. The van der Waals surface area contributed by atoms with Crippen molar-refractivity contribution in [1.82, 2.24) is 10.2 Å². The average molecular weight is 346 g/mol. The van der Waals surface area contributed by atoms with Crippen molar-refractivity contribution in [3.8, 4) is 5.75 Å². The maximum atomic E-state index is 12.6. The molecule has 1 heterocycles. The number of aliphatic hydroxyl groups is 1. The number of urea groups is 1. The monoisotopic (exact) mass is 346 g/mol. The normalized spacial score (nSPS) is 24.4. The van der Waals surface area contributed by atoms with E-state index in [-0.39, 0.29) is 25.0 Å². The number of aliphatic hydroxyl groups excluding tert-OH is 1. The standard InChI is InChI=1S/C19H26N2O4/c1-11-5-6-12(2)16(13(11)3)25-10-15(22)9-21-17(23)19(4,14-7-8-14)20-18(21)24/h5-6,14-15,22H,7-10H2,1-4H3,(H,20,24)/t15-,19-/m1/s1. The van der Waals surface area contributed by atoms with Gasteiger partial charge >= 0.3 is 6.03 Å². The molecule has 25 heavy (non-hydrogen) atoms. The maximum absolute atomic E-state index is 12.6. The Bertz CT molecular complexity index is 714. The Kier molecular flexibility index (Phi) is 4.49. The van der Waals surface area contributed by atoms with Crippen molar-refractivity contribution in [2.75, 3.05) is 13.2 Å². The third-order valence-electron chi connectivity index (χ3n) is 5.38. The Morgan fingerprint density at radius 3 is 2.56 bits per heavy atom. The minimum Gasteiger partial charge on any atom is -0.490 e. The van der Waals surface area contributed by atoms with Crippen molar-refractivity contribution in [2.45, 2.75) is 52.2 Å². The summed E-state index contributed by atoms with van der Waals surface area (Å²) in [6.45, 7) is 7.67. The van der Waals surface area contributed by atoms with Crippen LogP contribution in [0, 0.1) is 26.7 Å². The van der Waals surface area contributed by atoms with E-state index in [2.05, 4.69) is 5.32 Å². The van der Waals surface area contributed by atoms with E-state index in [0.717, 1.165) is 40.2 Å². The summed E-state index contributed by atoms with van der Waals surface area (Å²) in [5.41, 5.74) is 2.32. The summed E-state index contributed by atoms with van der Waals surface area (Å²) in [6, 6.07) is 3.57. The van der Waals surface area contributed by atoms with Gasteiger partial charge in [-0.3, -0.25) is 9.69 Å². The number of nitrogens with zero attached hydrogens (tertiary/aromatic N) is 1. The van der Waals surface area contributed by atoms with Crippen LogP contribution in [-0.2, 0) is 4.79 Å². The number of aryl methyl sites for hydroxylation is 2. The van der Waals surface area contributed by atoms with Gasteiger partial charge in [0.15, 0.2) is 0 Å². The number of rotatable bonds is 6. The average Bonchev–Trinajstić information content (AvgIpc) is 3.37. The van der Waals surface area contributed by atoms with Crippen LogP contribution in [0.4, 0.5) is 4.79 Å². The SMILES string of the molecule is Cc1ccc(C)c(OC[C@H](O)CN2C(=O)N[C@](C)(C3CC3)C2=O)c1C. The zero-order valence-corrected chi connectivity index (χ0v) is 15.3. The minimum atomic E-state index is -0.935. The summed E-state index contributed by atoms with van der Waals surface area (Å²) in [5.74, 6) is 0.709. The van der Waals surface area contributed by atoms with E-state index in [1.54, 1.807) is 6.92 Å². The third kappa shape index (κ3) is 3.23. The van der Waals surface area contributed by atoms with E-state index < -0.39 is 17.7 Å². The Morgan fingerprint density at radius 1 is 1.28 bits per heavy atom. The lowest BCUT2D eigenvalue weighted by atomic mass is 9.96. The largest absolute Gasteiger partial charge is 0.490 e. The number of benzene rings is 1. The summed E-state index contributed by atoms with van der Waals surface area (Å²) < 4.78 is 5.78. The van der Waals surface area contributed by atoms with Crippen molar-refractivity contribution in [2.24, 2.45) is 5.92 Å². The molecule has 2 fully saturated rings. The van der Waals surface area contributed by atoms with Crippen LogP contribution in [0.2, 0.25) is 0 Å². The van der Waals surface area contributed by atoms with Crippen molar-refractivity contribution < 1.29 is 19.4 Å². The molecule has 2 N–H and O–H groups in total. The van der Waals surface area contributed by atoms with Gasteiger partial charge in [0, 0.05) is 0 Å². The van der Waals surface area contributed by atoms with Crippen LogP contribution in [0.5, 0.6) is 5.75 Å². The van der Waals surface area contributed by atoms with E-state index in [0.29, 0.717) is 0 Å². The van der Waals surface area contributed by atoms with Crippen LogP contribution in [0.25, 0.3) is 0 Å². The highest BCUT2D eigenvalue weighted by Gasteiger charge is 2.56. The highest BCUT2D eigenvalue weighted by molar-refractivity contribution is 6.07. The molecule has 0 unspecified atom stereocenters.